The molecule has 6 nitrogen and oxygen atoms in total. The van der Waals surface area contributed by atoms with Gasteiger partial charge in [0, 0.05) is 0 Å². The fraction of sp³-hybridized carbons (Fsp3) is 0.708. The van der Waals surface area contributed by atoms with Crippen molar-refractivity contribution in [3.63, 3.8) is 0 Å². The molecule has 2 rings (SSSR count). The molecule has 0 fully saturated rings. The Hall–Kier alpha value is -1.31. The summed E-state index contributed by atoms with van der Waals surface area (Å²) in [7, 11) is 0. The fourth-order valence-electron chi connectivity index (χ4n) is 3.89. The summed E-state index contributed by atoms with van der Waals surface area (Å²) >= 11 is -1.04. The minimum absolute atomic E-state index is 0.425. The third kappa shape index (κ3) is 8.28. The van der Waals surface area contributed by atoms with Crippen LogP contribution in [0.15, 0.2) is 18.5 Å². The third-order valence-electron chi connectivity index (χ3n) is 5.44. The van der Waals surface area contributed by atoms with E-state index in [1.807, 2.05) is 31.4 Å². The van der Waals surface area contributed by atoms with Crippen molar-refractivity contribution in [2.75, 3.05) is 5.32 Å². The number of amides is 1. The summed E-state index contributed by atoms with van der Waals surface area (Å²) < 4.78 is 9.16. The van der Waals surface area contributed by atoms with E-state index in [1.165, 1.54) is 61.5 Å². The molecule has 0 saturated heterocycles. The molecule has 7 heteroatoms. The molecule has 2 radical (unpaired) electrons. The number of unbranched alkanes of at least 4 members (excludes halogenated alkanes) is 3. The van der Waals surface area contributed by atoms with Crippen LogP contribution in [0.4, 0.5) is 10.5 Å². The Balaban J connectivity index is 2.37. The summed E-state index contributed by atoms with van der Waals surface area (Å²) in [5, 5.41) is 7.45. The molecule has 1 amide bonds. The van der Waals surface area contributed by atoms with Gasteiger partial charge in [-0.05, 0) is 0 Å². The number of ether oxygens (including phenoxy) is 1. The molecule has 0 atom stereocenters. The molecular weight excluding hydrogens is 495 g/mol. The van der Waals surface area contributed by atoms with Gasteiger partial charge < -0.3 is 0 Å². The normalized spacial score (nSPS) is 12.3. The molecule has 0 aliphatic rings. The number of aromatic nitrogens is 3. The van der Waals surface area contributed by atoms with Crippen LogP contribution < -0.4 is 9.03 Å². The average Bonchev–Trinajstić information content (AvgIpc) is 3.16. The van der Waals surface area contributed by atoms with E-state index >= 15 is 0 Å². The van der Waals surface area contributed by atoms with Crippen molar-refractivity contribution in [2.24, 2.45) is 0 Å². The van der Waals surface area contributed by atoms with Gasteiger partial charge in [-0.1, -0.05) is 0 Å². The van der Waals surface area contributed by atoms with E-state index in [2.05, 4.69) is 42.2 Å². The van der Waals surface area contributed by atoms with Crippen molar-refractivity contribution >= 4 is 42.3 Å². The number of fused-ring (bicyclic) bond motifs is 1. The first-order valence-electron chi connectivity index (χ1n) is 11.8. The van der Waals surface area contributed by atoms with Crippen LogP contribution in [0.5, 0.6) is 0 Å². The molecule has 0 spiro atoms. The van der Waals surface area contributed by atoms with Gasteiger partial charge in [0.05, 0.1) is 0 Å². The number of anilines is 1. The second-order valence-corrected chi connectivity index (χ2v) is 14.7. The van der Waals surface area contributed by atoms with Crippen molar-refractivity contribution < 1.29 is 9.53 Å². The van der Waals surface area contributed by atoms with Crippen LogP contribution in [0.2, 0.25) is 3.43 Å². The average molecular weight is 535 g/mol. The Labute approximate surface area is 198 Å². The molecule has 0 aliphatic carbocycles. The van der Waals surface area contributed by atoms with E-state index in [4.69, 9.17) is 4.74 Å². The minimum atomic E-state index is -1.04. The predicted molar refractivity (Wildman–Crippen MR) is 129 cm³/mol. The van der Waals surface area contributed by atoms with Crippen LogP contribution in [0.1, 0.15) is 99.3 Å². The second-order valence-electron chi connectivity index (χ2n) is 9.50. The van der Waals surface area contributed by atoms with Crippen molar-refractivity contribution in [1.82, 2.24) is 14.6 Å². The quantitative estimate of drug-likeness (QED) is 0.332. The Bertz CT molecular complexity index is 807. The maximum absolute atomic E-state index is 12.4. The number of carbonyl (C=O) groups is 1. The Morgan fingerprint density at radius 1 is 1.03 bits per heavy atom. The van der Waals surface area contributed by atoms with Gasteiger partial charge in [-0.25, -0.2) is 0 Å². The summed E-state index contributed by atoms with van der Waals surface area (Å²) in [4.78, 5) is 16.8. The topological polar surface area (TPSA) is 68.5 Å². The Morgan fingerprint density at radius 3 is 2.13 bits per heavy atom. The van der Waals surface area contributed by atoms with E-state index in [0.29, 0.717) is 3.43 Å². The number of rotatable bonds is 12. The van der Waals surface area contributed by atoms with Crippen molar-refractivity contribution in [3.05, 3.63) is 18.5 Å². The van der Waals surface area contributed by atoms with E-state index in [0.717, 1.165) is 11.3 Å². The van der Waals surface area contributed by atoms with Gasteiger partial charge in [-0.3, -0.25) is 0 Å². The van der Waals surface area contributed by atoms with Crippen molar-refractivity contribution in [1.29, 1.82) is 0 Å². The molecule has 172 valence electrons. The molecule has 2 aromatic heterocycles. The zero-order valence-corrected chi connectivity index (χ0v) is 23.1. The molecule has 0 bridgehead atoms. The maximum atomic E-state index is 12.4. The Kier molecular flexibility index (Phi) is 10.1. The third-order valence-corrected chi connectivity index (χ3v) is 10.8. The van der Waals surface area contributed by atoms with E-state index in [-0.39, 0.29) is 0 Å². The van der Waals surface area contributed by atoms with Gasteiger partial charge in [0.2, 0.25) is 0 Å². The zero-order valence-electron chi connectivity index (χ0n) is 20.3. The molecule has 0 unspecified atom stereocenters. The molecule has 0 aromatic carbocycles. The van der Waals surface area contributed by atoms with Crippen LogP contribution in [0, 0.1) is 0 Å². The number of hydrogen-bond donors (Lipinski definition) is 1. The van der Waals surface area contributed by atoms with Crippen LogP contribution in [0.3, 0.4) is 0 Å². The fourth-order valence-corrected chi connectivity index (χ4v) is 9.46. The summed E-state index contributed by atoms with van der Waals surface area (Å²) in [6, 6.07) is 4.00. The number of nitrogens with one attached hydrogen (secondary N) is 1. The molecule has 1 N–H and O–H groups in total. The van der Waals surface area contributed by atoms with Crippen LogP contribution in [0.25, 0.3) is 5.65 Å². The van der Waals surface area contributed by atoms with Gasteiger partial charge in [0.1, 0.15) is 0 Å². The summed E-state index contributed by atoms with van der Waals surface area (Å²) in [5.74, 6) is 0. The van der Waals surface area contributed by atoms with Crippen molar-refractivity contribution in [2.45, 2.75) is 108 Å². The first-order chi connectivity index (χ1) is 14.7. The monoisotopic (exact) mass is 536 g/mol. The number of hydrogen-bond acceptors (Lipinski definition) is 4. The summed E-state index contributed by atoms with van der Waals surface area (Å²) in [6.07, 6.45) is 12.6. The first-order valence-corrected chi connectivity index (χ1v) is 14.7. The molecule has 0 aliphatic heterocycles. The van der Waals surface area contributed by atoms with Gasteiger partial charge in [0.15, 0.2) is 0 Å². The number of pyridine rings is 1. The molecule has 31 heavy (non-hydrogen) atoms. The van der Waals surface area contributed by atoms with Gasteiger partial charge >= 0.3 is 199 Å². The molecule has 2 heterocycles. The predicted octanol–water partition coefficient (Wildman–Crippen LogP) is 6.14. The van der Waals surface area contributed by atoms with Gasteiger partial charge in [-0.2, -0.15) is 0 Å². The number of nitrogens with zero attached hydrogens (tertiary/aromatic N) is 3. The SMILES string of the molecule is CCCC[C](CCCC)(CCCC)[Sn][c]1cc(NC(=O)OC(C)(C)C)cc2ncnn12. The van der Waals surface area contributed by atoms with Crippen molar-refractivity contribution in [3.8, 4) is 0 Å². The first kappa shape index (κ1) is 25.9. The molecular formula is C24H40N4O2Sn. The standard InChI is InChI=1S/C13H27.C11H13N4O2.Sn/c1-4-7-10-13(11-8-5-2)12-9-6-3;1-11(2,3)17-10(16)14-8-4-5-15-9(6-8)12-7-13-15;/h4-12H2,1-3H3;4,6-7H,1-3H3,(H,14,16);. The van der Waals surface area contributed by atoms with E-state index in [9.17, 15) is 4.79 Å². The van der Waals surface area contributed by atoms with Crippen LogP contribution in [-0.4, -0.2) is 47.4 Å². The Morgan fingerprint density at radius 2 is 1.61 bits per heavy atom. The van der Waals surface area contributed by atoms with E-state index < -0.39 is 32.8 Å². The van der Waals surface area contributed by atoms with Crippen LogP contribution in [-0.2, 0) is 4.74 Å². The van der Waals surface area contributed by atoms with Gasteiger partial charge in [-0.15, -0.1) is 0 Å². The van der Waals surface area contributed by atoms with E-state index in [1.54, 1.807) is 6.33 Å². The zero-order chi connectivity index (χ0) is 22.9. The van der Waals surface area contributed by atoms with Gasteiger partial charge in [0.25, 0.3) is 0 Å². The molecule has 2 aromatic rings. The molecule has 0 saturated carbocycles. The van der Waals surface area contributed by atoms with Crippen LogP contribution >= 0.6 is 0 Å². The second kappa shape index (κ2) is 12.1. The number of carbonyl (C=O) groups excluding carboxylic acids is 1. The summed E-state index contributed by atoms with van der Waals surface area (Å²) in [5.41, 5.74) is 1.01. The summed E-state index contributed by atoms with van der Waals surface area (Å²) in [6.45, 7) is 12.5.